The van der Waals surface area contributed by atoms with Crippen LogP contribution in [0.5, 0.6) is 17.2 Å². The fraction of sp³-hybridized carbons (Fsp3) is 0.333. The van der Waals surface area contributed by atoms with Gasteiger partial charge in [-0.15, -0.1) is 0 Å². The third-order valence-electron chi connectivity index (χ3n) is 6.14. The van der Waals surface area contributed by atoms with E-state index < -0.39 is 0 Å². The molecule has 5 rings (SSSR count). The molecule has 1 aromatic heterocycles. The summed E-state index contributed by atoms with van der Waals surface area (Å²) in [6.07, 6.45) is 1.59. The molecule has 0 N–H and O–H groups in total. The first-order valence-electron chi connectivity index (χ1n) is 11.7. The minimum atomic E-state index is -0.162. The summed E-state index contributed by atoms with van der Waals surface area (Å²) in [5.74, 6) is 2.35. The van der Waals surface area contributed by atoms with Gasteiger partial charge >= 0.3 is 0 Å². The van der Waals surface area contributed by atoms with Gasteiger partial charge in [0.15, 0.2) is 11.5 Å². The summed E-state index contributed by atoms with van der Waals surface area (Å²) in [5.41, 5.74) is 2.95. The molecule has 2 aliphatic rings. The molecule has 8 heteroatoms. The van der Waals surface area contributed by atoms with Crippen molar-refractivity contribution in [3.8, 4) is 17.2 Å². The molecule has 0 aliphatic carbocycles. The van der Waals surface area contributed by atoms with E-state index in [0.717, 1.165) is 34.1 Å². The van der Waals surface area contributed by atoms with Gasteiger partial charge in [0.25, 0.3) is 0 Å². The summed E-state index contributed by atoms with van der Waals surface area (Å²) in [6, 6.07) is 19.5. The molecule has 182 valence electrons. The van der Waals surface area contributed by atoms with E-state index >= 15 is 0 Å². The molecule has 1 fully saturated rings. The number of carbonyl (C=O) groups is 1. The fourth-order valence-corrected chi connectivity index (χ4v) is 4.39. The van der Waals surface area contributed by atoms with Crippen molar-refractivity contribution in [2.45, 2.75) is 25.8 Å². The molecule has 1 saturated heterocycles. The highest BCUT2D eigenvalue weighted by Gasteiger charge is 2.29. The smallest absolute Gasteiger partial charge is 0.237 e. The zero-order chi connectivity index (χ0) is 24.0. The van der Waals surface area contributed by atoms with Crippen LogP contribution in [0, 0.1) is 0 Å². The number of ether oxygens (including phenoxy) is 4. The first-order valence-corrected chi connectivity index (χ1v) is 11.7. The number of hydrogen-bond acceptors (Lipinski definition) is 7. The van der Waals surface area contributed by atoms with Gasteiger partial charge in [-0.25, -0.2) is 0 Å². The van der Waals surface area contributed by atoms with E-state index in [1.165, 1.54) is 0 Å². The number of carbonyl (C=O) groups excluding carboxylic acids is 1. The summed E-state index contributed by atoms with van der Waals surface area (Å²) >= 11 is 0. The van der Waals surface area contributed by atoms with E-state index in [1.54, 1.807) is 13.3 Å². The van der Waals surface area contributed by atoms with Crippen LogP contribution < -0.4 is 14.2 Å². The van der Waals surface area contributed by atoms with E-state index in [9.17, 15) is 4.79 Å². The number of aromatic nitrogens is 1. The molecular weight excluding hydrogens is 446 g/mol. The Balaban J connectivity index is 1.31. The SMILES string of the molecule is COc1cccc(CO[C@H]2CN(Cc3ccc4c(c3)OCO4)CC(=O)N(Cc3ccccn3)C2)c1. The van der Waals surface area contributed by atoms with Gasteiger partial charge in [-0.05, 0) is 47.5 Å². The summed E-state index contributed by atoms with van der Waals surface area (Å²) in [5, 5.41) is 0. The quantitative estimate of drug-likeness (QED) is 0.495. The van der Waals surface area contributed by atoms with Crippen LogP contribution in [0.2, 0.25) is 0 Å². The van der Waals surface area contributed by atoms with Crippen LogP contribution in [0.4, 0.5) is 0 Å². The molecule has 2 aromatic carbocycles. The second kappa shape index (κ2) is 10.8. The van der Waals surface area contributed by atoms with Crippen molar-refractivity contribution in [2.75, 3.05) is 33.5 Å². The van der Waals surface area contributed by atoms with Crippen molar-refractivity contribution in [1.29, 1.82) is 0 Å². The van der Waals surface area contributed by atoms with Gasteiger partial charge < -0.3 is 23.8 Å². The van der Waals surface area contributed by atoms with Crippen molar-refractivity contribution >= 4 is 5.91 Å². The molecule has 0 spiro atoms. The molecule has 35 heavy (non-hydrogen) atoms. The number of pyridine rings is 1. The lowest BCUT2D eigenvalue weighted by Gasteiger charge is -2.25. The molecule has 3 aromatic rings. The van der Waals surface area contributed by atoms with Crippen molar-refractivity contribution < 1.29 is 23.7 Å². The predicted octanol–water partition coefficient (Wildman–Crippen LogP) is 3.25. The Labute approximate surface area is 205 Å². The van der Waals surface area contributed by atoms with E-state index in [1.807, 2.05) is 65.6 Å². The number of fused-ring (bicyclic) bond motifs is 1. The van der Waals surface area contributed by atoms with Crippen molar-refractivity contribution in [1.82, 2.24) is 14.8 Å². The molecule has 8 nitrogen and oxygen atoms in total. The van der Waals surface area contributed by atoms with Gasteiger partial charge in [-0.2, -0.15) is 0 Å². The van der Waals surface area contributed by atoms with Crippen LogP contribution in [-0.2, 0) is 29.2 Å². The maximum Gasteiger partial charge on any atom is 0.237 e. The normalized spacial score (nSPS) is 17.9. The summed E-state index contributed by atoms with van der Waals surface area (Å²) in [4.78, 5) is 21.6. The van der Waals surface area contributed by atoms with Gasteiger partial charge in [0.05, 0.1) is 38.6 Å². The van der Waals surface area contributed by atoms with Crippen LogP contribution >= 0.6 is 0 Å². The Morgan fingerprint density at radius 1 is 0.971 bits per heavy atom. The molecule has 0 unspecified atom stereocenters. The zero-order valence-electron chi connectivity index (χ0n) is 19.8. The number of benzene rings is 2. The van der Waals surface area contributed by atoms with Crippen molar-refractivity contribution in [2.24, 2.45) is 0 Å². The average Bonchev–Trinajstić information content (AvgIpc) is 3.29. The third kappa shape index (κ3) is 5.90. The van der Waals surface area contributed by atoms with Gasteiger partial charge in [-0.3, -0.25) is 14.7 Å². The predicted molar refractivity (Wildman–Crippen MR) is 129 cm³/mol. The number of rotatable bonds is 8. The Bertz CT molecular complexity index is 1160. The molecular formula is C27H29N3O5. The monoisotopic (exact) mass is 475 g/mol. The second-order valence-electron chi connectivity index (χ2n) is 8.74. The summed E-state index contributed by atoms with van der Waals surface area (Å²) in [6.45, 7) is 3.17. The third-order valence-corrected chi connectivity index (χ3v) is 6.14. The number of amides is 1. The van der Waals surface area contributed by atoms with E-state index in [0.29, 0.717) is 39.3 Å². The molecule has 3 heterocycles. The molecule has 1 atom stereocenters. The first kappa shape index (κ1) is 23.1. The zero-order valence-corrected chi connectivity index (χ0v) is 19.8. The van der Waals surface area contributed by atoms with E-state index in [-0.39, 0.29) is 18.8 Å². The highest BCUT2D eigenvalue weighted by Crippen LogP contribution is 2.33. The molecule has 0 radical (unpaired) electrons. The molecule has 0 bridgehead atoms. The minimum absolute atomic E-state index is 0.0591. The highest BCUT2D eigenvalue weighted by atomic mass is 16.7. The topological polar surface area (TPSA) is 73.4 Å². The number of methoxy groups -OCH3 is 1. The van der Waals surface area contributed by atoms with Gasteiger partial charge in [0.1, 0.15) is 5.75 Å². The Morgan fingerprint density at radius 2 is 1.89 bits per heavy atom. The van der Waals surface area contributed by atoms with Gasteiger partial charge in [0.2, 0.25) is 12.7 Å². The number of nitrogens with zero attached hydrogens (tertiary/aromatic N) is 3. The average molecular weight is 476 g/mol. The van der Waals surface area contributed by atoms with Crippen molar-refractivity contribution in [3.05, 3.63) is 83.7 Å². The van der Waals surface area contributed by atoms with Gasteiger partial charge in [-0.1, -0.05) is 24.3 Å². The van der Waals surface area contributed by atoms with E-state index in [4.69, 9.17) is 18.9 Å². The van der Waals surface area contributed by atoms with Crippen LogP contribution in [0.1, 0.15) is 16.8 Å². The van der Waals surface area contributed by atoms with Crippen LogP contribution in [0.3, 0.4) is 0 Å². The van der Waals surface area contributed by atoms with Gasteiger partial charge in [0, 0.05) is 25.8 Å². The lowest BCUT2D eigenvalue weighted by atomic mass is 10.2. The Hall–Kier alpha value is -3.62. The highest BCUT2D eigenvalue weighted by molar-refractivity contribution is 5.78. The lowest BCUT2D eigenvalue weighted by Crippen LogP contribution is -2.37. The maximum atomic E-state index is 13.2. The Morgan fingerprint density at radius 3 is 2.74 bits per heavy atom. The summed E-state index contributed by atoms with van der Waals surface area (Å²) in [7, 11) is 1.65. The largest absolute Gasteiger partial charge is 0.497 e. The van der Waals surface area contributed by atoms with Crippen LogP contribution in [0.15, 0.2) is 66.9 Å². The van der Waals surface area contributed by atoms with Crippen LogP contribution in [0.25, 0.3) is 0 Å². The summed E-state index contributed by atoms with van der Waals surface area (Å²) < 4.78 is 22.6. The fourth-order valence-electron chi connectivity index (χ4n) is 4.39. The van der Waals surface area contributed by atoms with Crippen molar-refractivity contribution in [3.63, 3.8) is 0 Å². The standard InChI is InChI=1S/C27H29N3O5/c1-32-23-7-4-5-21(11-23)18-33-24-15-29(13-20-8-9-25-26(12-20)35-19-34-25)17-27(31)30(16-24)14-22-6-2-3-10-28-22/h2-12,24H,13-19H2,1H3/t24-/m0/s1. The molecule has 0 saturated carbocycles. The minimum Gasteiger partial charge on any atom is -0.497 e. The lowest BCUT2D eigenvalue weighted by molar-refractivity contribution is -0.132. The first-order chi connectivity index (χ1) is 17.2. The molecule has 1 amide bonds. The maximum absolute atomic E-state index is 13.2. The van der Waals surface area contributed by atoms with Crippen LogP contribution in [-0.4, -0.2) is 60.3 Å². The second-order valence-corrected chi connectivity index (χ2v) is 8.74. The number of hydrogen-bond donors (Lipinski definition) is 0. The molecule has 2 aliphatic heterocycles. The Kier molecular flexibility index (Phi) is 7.11. The van der Waals surface area contributed by atoms with E-state index in [2.05, 4.69) is 9.88 Å².